The van der Waals surface area contributed by atoms with Gasteiger partial charge < -0.3 is 0 Å². The minimum absolute atomic E-state index is 0.328. The molecule has 0 spiro atoms. The number of hydrogen-bond donors (Lipinski definition) is 0. The molecular weight excluding hydrogens is 193 g/mol. The molecule has 0 unspecified atom stereocenters. The molecule has 0 aromatic heterocycles. The number of alkyl halides is 3. The van der Waals surface area contributed by atoms with Crippen molar-refractivity contribution >= 4 is 5.78 Å². The van der Waals surface area contributed by atoms with E-state index in [2.05, 4.69) is 6.07 Å². The van der Waals surface area contributed by atoms with Crippen molar-refractivity contribution in [3.05, 3.63) is 34.9 Å². The number of Topliss-reactive ketones (excluding diaryl/α,β-unsaturated/α-hetero) is 1. The Balaban J connectivity index is 3.14. The number of ketones is 1. The minimum Gasteiger partial charge on any atom is -0.284 e. The highest BCUT2D eigenvalue weighted by atomic mass is 19.4. The lowest BCUT2D eigenvalue weighted by molar-refractivity contribution is -0.0885. The molecule has 0 aliphatic carbocycles. The quantitative estimate of drug-likeness (QED) is 0.638. The molecule has 0 saturated heterocycles. The number of aryl methyl sites for hydroxylation is 2. The summed E-state index contributed by atoms with van der Waals surface area (Å²) in [6.07, 6.45) is -4.81. The van der Waals surface area contributed by atoms with Crippen LogP contribution in [0.4, 0.5) is 13.2 Å². The summed E-state index contributed by atoms with van der Waals surface area (Å²) in [4.78, 5) is 10.8. The van der Waals surface area contributed by atoms with Gasteiger partial charge in [0.1, 0.15) is 0 Å². The number of hydrogen-bond acceptors (Lipinski definition) is 1. The first-order valence-electron chi connectivity index (χ1n) is 3.93. The van der Waals surface area contributed by atoms with E-state index in [1.807, 2.05) is 0 Å². The van der Waals surface area contributed by atoms with Crippen LogP contribution in [0.1, 0.15) is 21.5 Å². The van der Waals surface area contributed by atoms with Crippen LogP contribution in [0.25, 0.3) is 0 Å². The molecule has 1 aromatic rings. The SMILES string of the molecule is Cc1[c]c(C)cc(C(=O)C(F)(F)F)c1. The van der Waals surface area contributed by atoms with Gasteiger partial charge in [0.15, 0.2) is 0 Å². The van der Waals surface area contributed by atoms with Gasteiger partial charge in [-0.2, -0.15) is 13.2 Å². The molecule has 1 nitrogen and oxygen atoms in total. The summed E-state index contributed by atoms with van der Waals surface area (Å²) in [7, 11) is 0. The first-order chi connectivity index (χ1) is 6.30. The van der Waals surface area contributed by atoms with E-state index in [0.29, 0.717) is 11.1 Å². The third kappa shape index (κ3) is 2.34. The van der Waals surface area contributed by atoms with E-state index in [-0.39, 0.29) is 5.56 Å². The van der Waals surface area contributed by atoms with E-state index in [4.69, 9.17) is 0 Å². The van der Waals surface area contributed by atoms with Crippen molar-refractivity contribution < 1.29 is 18.0 Å². The summed E-state index contributed by atoms with van der Waals surface area (Å²) in [5.41, 5.74) is 0.724. The molecule has 4 heteroatoms. The molecule has 1 aromatic carbocycles. The molecule has 0 aliphatic heterocycles. The lowest BCUT2D eigenvalue weighted by Crippen LogP contribution is -2.22. The normalized spacial score (nSPS) is 11.5. The van der Waals surface area contributed by atoms with Gasteiger partial charge in [0.2, 0.25) is 0 Å². The third-order valence-corrected chi connectivity index (χ3v) is 1.66. The third-order valence-electron chi connectivity index (χ3n) is 1.66. The van der Waals surface area contributed by atoms with E-state index in [9.17, 15) is 18.0 Å². The molecule has 0 fully saturated rings. The van der Waals surface area contributed by atoms with Gasteiger partial charge in [0, 0.05) is 5.56 Å². The predicted octanol–water partition coefficient (Wildman–Crippen LogP) is 2.85. The number of carbonyl (C=O) groups is 1. The van der Waals surface area contributed by atoms with Gasteiger partial charge in [0.05, 0.1) is 0 Å². The predicted molar refractivity (Wildman–Crippen MR) is 45.1 cm³/mol. The van der Waals surface area contributed by atoms with Crippen LogP contribution in [0.5, 0.6) is 0 Å². The summed E-state index contributed by atoms with van der Waals surface area (Å²) >= 11 is 0. The lowest BCUT2D eigenvalue weighted by Gasteiger charge is -2.06. The van der Waals surface area contributed by atoms with E-state index in [1.54, 1.807) is 13.8 Å². The Labute approximate surface area is 79.5 Å². The highest BCUT2D eigenvalue weighted by molar-refractivity contribution is 6.00. The molecular formula is C10H8F3O. The van der Waals surface area contributed by atoms with Crippen molar-refractivity contribution in [2.45, 2.75) is 20.0 Å². The second-order valence-corrected chi connectivity index (χ2v) is 3.06. The zero-order valence-electron chi connectivity index (χ0n) is 7.70. The van der Waals surface area contributed by atoms with Crippen LogP contribution < -0.4 is 0 Å². The highest BCUT2D eigenvalue weighted by Gasteiger charge is 2.39. The van der Waals surface area contributed by atoms with Gasteiger partial charge >= 0.3 is 6.18 Å². The molecule has 0 heterocycles. The molecule has 1 rings (SSSR count). The molecule has 0 aliphatic rings. The van der Waals surface area contributed by atoms with Crippen molar-refractivity contribution in [2.24, 2.45) is 0 Å². The molecule has 75 valence electrons. The Kier molecular flexibility index (Phi) is 2.64. The summed E-state index contributed by atoms with van der Waals surface area (Å²) < 4.78 is 36.1. The Hall–Kier alpha value is -1.32. The van der Waals surface area contributed by atoms with Crippen LogP contribution in [-0.2, 0) is 0 Å². The molecule has 0 saturated carbocycles. The van der Waals surface area contributed by atoms with E-state index >= 15 is 0 Å². The summed E-state index contributed by atoms with van der Waals surface area (Å²) in [6.45, 7) is 3.19. The average Bonchev–Trinajstić information content (AvgIpc) is 1.99. The standard InChI is InChI=1S/C10H8F3O/c1-6-3-7(2)5-8(4-6)9(14)10(11,12)13/h4-5H,1-2H3. The Morgan fingerprint density at radius 3 is 2.00 bits per heavy atom. The highest BCUT2D eigenvalue weighted by Crippen LogP contribution is 2.22. The average molecular weight is 201 g/mol. The van der Waals surface area contributed by atoms with Gasteiger partial charge in [-0.25, -0.2) is 0 Å². The second-order valence-electron chi connectivity index (χ2n) is 3.06. The molecule has 14 heavy (non-hydrogen) atoms. The van der Waals surface area contributed by atoms with Crippen molar-refractivity contribution in [3.8, 4) is 0 Å². The van der Waals surface area contributed by atoms with Crippen molar-refractivity contribution in [1.82, 2.24) is 0 Å². The topological polar surface area (TPSA) is 17.1 Å². The van der Waals surface area contributed by atoms with Crippen LogP contribution in [0, 0.1) is 19.9 Å². The maximum absolute atomic E-state index is 12.0. The summed E-state index contributed by atoms with van der Waals surface area (Å²) in [5, 5.41) is 0. The molecule has 0 amide bonds. The molecule has 1 radical (unpaired) electrons. The van der Waals surface area contributed by atoms with Crippen LogP contribution in [-0.4, -0.2) is 12.0 Å². The lowest BCUT2D eigenvalue weighted by atomic mass is 10.0. The molecule has 0 bridgehead atoms. The van der Waals surface area contributed by atoms with E-state index in [0.717, 1.165) is 0 Å². The fourth-order valence-corrected chi connectivity index (χ4v) is 1.19. The zero-order valence-corrected chi connectivity index (χ0v) is 7.70. The Bertz CT molecular complexity index is 346. The minimum atomic E-state index is -4.81. The number of carbonyl (C=O) groups excluding carboxylic acids is 1. The maximum atomic E-state index is 12.0. The smallest absolute Gasteiger partial charge is 0.284 e. The second kappa shape index (κ2) is 3.44. The first-order valence-corrected chi connectivity index (χ1v) is 3.93. The summed E-state index contributed by atoms with van der Waals surface area (Å²) in [6, 6.07) is 5.16. The van der Waals surface area contributed by atoms with Crippen LogP contribution >= 0.6 is 0 Å². The Morgan fingerprint density at radius 2 is 1.64 bits per heavy atom. The van der Waals surface area contributed by atoms with E-state index < -0.39 is 12.0 Å². The van der Waals surface area contributed by atoms with Gasteiger partial charge in [-0.05, 0) is 43.2 Å². The van der Waals surface area contributed by atoms with Crippen LogP contribution in [0.3, 0.4) is 0 Å². The summed E-state index contributed by atoms with van der Waals surface area (Å²) in [5.74, 6) is -1.81. The fraction of sp³-hybridized carbons (Fsp3) is 0.300. The van der Waals surface area contributed by atoms with Gasteiger partial charge in [-0.3, -0.25) is 4.79 Å². The van der Waals surface area contributed by atoms with Crippen molar-refractivity contribution in [1.29, 1.82) is 0 Å². The first kappa shape index (κ1) is 10.8. The number of benzene rings is 1. The fourth-order valence-electron chi connectivity index (χ4n) is 1.19. The number of halogens is 3. The van der Waals surface area contributed by atoms with Crippen molar-refractivity contribution in [2.75, 3.05) is 0 Å². The largest absolute Gasteiger partial charge is 0.454 e. The number of rotatable bonds is 1. The monoisotopic (exact) mass is 201 g/mol. The van der Waals surface area contributed by atoms with Gasteiger partial charge in [-0.15, -0.1) is 0 Å². The van der Waals surface area contributed by atoms with Gasteiger partial charge in [0.25, 0.3) is 5.78 Å². The van der Waals surface area contributed by atoms with Crippen LogP contribution in [0.2, 0.25) is 0 Å². The Morgan fingerprint density at radius 1 is 1.21 bits per heavy atom. The van der Waals surface area contributed by atoms with Gasteiger partial charge in [-0.1, -0.05) is 0 Å². The molecule has 0 N–H and O–H groups in total. The van der Waals surface area contributed by atoms with E-state index in [1.165, 1.54) is 12.1 Å². The zero-order chi connectivity index (χ0) is 10.9. The van der Waals surface area contributed by atoms with Crippen molar-refractivity contribution in [3.63, 3.8) is 0 Å². The van der Waals surface area contributed by atoms with Crippen LogP contribution in [0.15, 0.2) is 12.1 Å². The maximum Gasteiger partial charge on any atom is 0.454 e. The molecule has 0 atom stereocenters.